The van der Waals surface area contributed by atoms with Crippen LogP contribution in [0.25, 0.3) is 10.9 Å². The number of nitrogens with zero attached hydrogens (tertiary/aromatic N) is 1. The number of nitrogens with two attached hydrogens (primary N) is 1. The molecule has 0 atom stereocenters. The molecule has 1 heterocycles. The van der Waals surface area contributed by atoms with Gasteiger partial charge in [0.05, 0.1) is 5.52 Å². The van der Waals surface area contributed by atoms with E-state index in [9.17, 15) is 0 Å². The van der Waals surface area contributed by atoms with Crippen LogP contribution in [0.4, 0.5) is 4.79 Å². The average molecular weight is 190 g/mol. The van der Waals surface area contributed by atoms with Crippen LogP contribution in [0.3, 0.4) is 0 Å². The minimum absolute atomic E-state index is 1.06. The smallest absolute Gasteiger partial charge is 0.402 e. The average Bonchev–Trinajstić information content (AvgIpc) is 2.17. The number of carbonyl (C=O) groups is 1. The van der Waals surface area contributed by atoms with Crippen molar-refractivity contribution in [3.05, 3.63) is 42.6 Å². The second-order valence-corrected chi connectivity index (χ2v) is 2.53. The molecule has 0 saturated heterocycles. The van der Waals surface area contributed by atoms with Gasteiger partial charge in [-0.25, -0.2) is 4.79 Å². The predicted octanol–water partition coefficient (Wildman–Crippen LogP) is 1.86. The van der Waals surface area contributed by atoms with Gasteiger partial charge in [-0.2, -0.15) is 0 Å². The van der Waals surface area contributed by atoms with Gasteiger partial charge < -0.3 is 10.8 Å². The molecule has 0 unspecified atom stereocenters. The summed E-state index contributed by atoms with van der Waals surface area (Å²) in [7, 11) is 0. The Hall–Kier alpha value is -2.10. The normalized spacial score (nSPS) is 8.86. The number of pyridine rings is 1. The van der Waals surface area contributed by atoms with Crippen LogP contribution < -0.4 is 5.73 Å². The Morgan fingerprint density at radius 2 is 1.79 bits per heavy atom. The minimum atomic E-state index is -1.33. The zero-order valence-electron chi connectivity index (χ0n) is 7.42. The summed E-state index contributed by atoms with van der Waals surface area (Å²) < 4.78 is 0. The van der Waals surface area contributed by atoms with Crippen molar-refractivity contribution >= 4 is 17.0 Å². The molecule has 1 amide bonds. The topological polar surface area (TPSA) is 76.2 Å². The molecule has 1 aromatic carbocycles. The fourth-order valence-electron chi connectivity index (χ4n) is 1.02. The third kappa shape index (κ3) is 3.10. The minimum Gasteiger partial charge on any atom is -0.465 e. The highest BCUT2D eigenvalue weighted by molar-refractivity contribution is 5.77. The number of amides is 1. The SMILES string of the molecule is NC(=O)O.c1ccc2ncccc2c1. The molecule has 72 valence electrons. The summed E-state index contributed by atoms with van der Waals surface area (Å²) in [5.74, 6) is 0. The number of hydrogen-bond donors (Lipinski definition) is 2. The van der Waals surface area contributed by atoms with Crippen molar-refractivity contribution in [1.82, 2.24) is 4.98 Å². The molecule has 0 fully saturated rings. The van der Waals surface area contributed by atoms with E-state index in [-0.39, 0.29) is 0 Å². The van der Waals surface area contributed by atoms with Gasteiger partial charge in [0, 0.05) is 11.6 Å². The summed E-state index contributed by atoms with van der Waals surface area (Å²) in [6.07, 6.45) is 0.475. The third-order valence-electron chi connectivity index (χ3n) is 1.51. The molecule has 4 heteroatoms. The van der Waals surface area contributed by atoms with Crippen LogP contribution in [0, 0.1) is 0 Å². The summed E-state index contributed by atoms with van der Waals surface area (Å²) in [6, 6.07) is 12.1. The molecule has 0 bridgehead atoms. The molecule has 14 heavy (non-hydrogen) atoms. The highest BCUT2D eigenvalue weighted by Gasteiger charge is 1.86. The van der Waals surface area contributed by atoms with Crippen LogP contribution in [0.15, 0.2) is 42.6 Å². The first-order valence-corrected chi connectivity index (χ1v) is 3.98. The summed E-state index contributed by atoms with van der Waals surface area (Å²) in [5, 5.41) is 8.39. The quantitative estimate of drug-likeness (QED) is 0.665. The lowest BCUT2D eigenvalue weighted by molar-refractivity contribution is 0.205. The maximum Gasteiger partial charge on any atom is 0.402 e. The van der Waals surface area contributed by atoms with Crippen LogP contribution in [0.2, 0.25) is 0 Å². The number of primary amides is 1. The van der Waals surface area contributed by atoms with Crippen LogP contribution >= 0.6 is 0 Å². The van der Waals surface area contributed by atoms with E-state index in [0.717, 1.165) is 5.52 Å². The number of benzene rings is 1. The van der Waals surface area contributed by atoms with Gasteiger partial charge in [-0.1, -0.05) is 24.3 Å². The standard InChI is InChI=1S/C9H7N.CH3NO2/c1-2-6-9-8(4-1)5-3-7-10-9;2-1(3)4/h1-7H;2H2,(H,3,4). The lowest BCUT2D eigenvalue weighted by Gasteiger charge is -1.91. The first-order valence-electron chi connectivity index (χ1n) is 3.98. The largest absolute Gasteiger partial charge is 0.465 e. The Morgan fingerprint density at radius 3 is 2.43 bits per heavy atom. The molecule has 2 aromatic rings. The second kappa shape index (κ2) is 4.81. The van der Waals surface area contributed by atoms with Crippen molar-refractivity contribution in [3.63, 3.8) is 0 Å². The highest BCUT2D eigenvalue weighted by Crippen LogP contribution is 2.07. The molecule has 3 N–H and O–H groups in total. The van der Waals surface area contributed by atoms with Crippen molar-refractivity contribution in [2.75, 3.05) is 0 Å². The molecular formula is C10H10N2O2. The van der Waals surface area contributed by atoms with Crippen molar-refractivity contribution in [1.29, 1.82) is 0 Å². The van der Waals surface area contributed by atoms with E-state index in [1.807, 2.05) is 30.5 Å². The van der Waals surface area contributed by atoms with E-state index < -0.39 is 6.09 Å². The van der Waals surface area contributed by atoms with Gasteiger partial charge in [0.25, 0.3) is 0 Å². The number of hydrogen-bond acceptors (Lipinski definition) is 2. The molecule has 1 aromatic heterocycles. The van der Waals surface area contributed by atoms with Crippen LogP contribution in [-0.4, -0.2) is 16.2 Å². The van der Waals surface area contributed by atoms with Gasteiger partial charge in [0.15, 0.2) is 0 Å². The summed E-state index contributed by atoms with van der Waals surface area (Å²) >= 11 is 0. The first kappa shape index (κ1) is 9.98. The zero-order chi connectivity index (χ0) is 10.4. The summed E-state index contributed by atoms with van der Waals surface area (Å²) in [5.41, 5.74) is 5.09. The van der Waals surface area contributed by atoms with Crippen molar-refractivity contribution in [2.45, 2.75) is 0 Å². The van der Waals surface area contributed by atoms with Gasteiger partial charge >= 0.3 is 6.09 Å². The maximum absolute atomic E-state index is 8.78. The van der Waals surface area contributed by atoms with Crippen molar-refractivity contribution < 1.29 is 9.90 Å². The molecule has 0 radical (unpaired) electrons. The Balaban J connectivity index is 0.000000213. The lowest BCUT2D eigenvalue weighted by Crippen LogP contribution is -2.03. The third-order valence-corrected chi connectivity index (χ3v) is 1.51. The summed E-state index contributed by atoms with van der Waals surface area (Å²) in [6.45, 7) is 0. The molecule has 0 spiro atoms. The van der Waals surface area contributed by atoms with E-state index in [1.165, 1.54) is 5.39 Å². The summed E-state index contributed by atoms with van der Waals surface area (Å²) in [4.78, 5) is 13.0. The van der Waals surface area contributed by atoms with Crippen molar-refractivity contribution in [2.24, 2.45) is 5.73 Å². The number of para-hydroxylation sites is 1. The van der Waals surface area contributed by atoms with Crippen LogP contribution in [-0.2, 0) is 0 Å². The Morgan fingerprint density at radius 1 is 1.21 bits per heavy atom. The fraction of sp³-hybridized carbons (Fsp3) is 0. The number of carboxylic acid groups (broad SMARTS) is 1. The Kier molecular flexibility index (Phi) is 3.43. The Bertz CT molecular complexity index is 360. The van der Waals surface area contributed by atoms with Crippen LogP contribution in [0.5, 0.6) is 0 Å². The van der Waals surface area contributed by atoms with Crippen molar-refractivity contribution in [3.8, 4) is 0 Å². The molecule has 0 aliphatic heterocycles. The molecule has 0 saturated carbocycles. The van der Waals surface area contributed by atoms with E-state index in [2.05, 4.69) is 22.9 Å². The maximum atomic E-state index is 8.78. The molecule has 0 aliphatic carbocycles. The lowest BCUT2D eigenvalue weighted by atomic mass is 10.2. The predicted molar refractivity (Wildman–Crippen MR) is 54.0 cm³/mol. The number of rotatable bonds is 0. The molecule has 4 nitrogen and oxygen atoms in total. The van der Waals surface area contributed by atoms with Gasteiger partial charge in [-0.05, 0) is 12.1 Å². The fourth-order valence-corrected chi connectivity index (χ4v) is 1.02. The Labute approximate surface area is 81.0 Å². The first-order chi connectivity index (χ1) is 6.70. The van der Waals surface area contributed by atoms with E-state index in [0.29, 0.717) is 0 Å². The highest BCUT2D eigenvalue weighted by atomic mass is 16.4. The molecular weight excluding hydrogens is 180 g/mol. The zero-order valence-corrected chi connectivity index (χ0v) is 7.42. The molecule has 2 rings (SSSR count). The van der Waals surface area contributed by atoms with E-state index in [4.69, 9.17) is 9.90 Å². The molecule has 0 aliphatic rings. The van der Waals surface area contributed by atoms with Gasteiger partial charge in [-0.15, -0.1) is 0 Å². The van der Waals surface area contributed by atoms with E-state index in [1.54, 1.807) is 0 Å². The number of fused-ring (bicyclic) bond motifs is 1. The van der Waals surface area contributed by atoms with Gasteiger partial charge in [0.1, 0.15) is 0 Å². The second-order valence-electron chi connectivity index (χ2n) is 2.53. The van der Waals surface area contributed by atoms with Gasteiger partial charge in [-0.3, -0.25) is 4.98 Å². The number of aromatic nitrogens is 1. The monoisotopic (exact) mass is 190 g/mol. The van der Waals surface area contributed by atoms with Crippen LogP contribution in [0.1, 0.15) is 0 Å². The van der Waals surface area contributed by atoms with E-state index >= 15 is 0 Å². The van der Waals surface area contributed by atoms with Gasteiger partial charge in [0.2, 0.25) is 0 Å².